The molecule has 2 amide bonds. The van der Waals surface area contributed by atoms with Gasteiger partial charge in [0.2, 0.25) is 5.91 Å². The molecule has 1 aliphatic rings. The zero-order valence-electron chi connectivity index (χ0n) is 12.4. The van der Waals surface area contributed by atoms with Gasteiger partial charge < -0.3 is 14.6 Å². The van der Waals surface area contributed by atoms with E-state index >= 15 is 0 Å². The number of rotatable bonds is 4. The summed E-state index contributed by atoms with van der Waals surface area (Å²) in [5, 5.41) is 2.70. The zero-order valence-corrected chi connectivity index (χ0v) is 12.4. The molecule has 1 aromatic carbocycles. The molecule has 5 heteroatoms. The van der Waals surface area contributed by atoms with E-state index < -0.39 is 0 Å². The monoisotopic (exact) mass is 298 g/mol. The second kappa shape index (κ2) is 6.05. The van der Waals surface area contributed by atoms with Crippen LogP contribution < -0.4 is 10.2 Å². The Balaban J connectivity index is 1.57. The van der Waals surface area contributed by atoms with Crippen LogP contribution in [0, 0.1) is 0 Å². The van der Waals surface area contributed by atoms with Gasteiger partial charge in [-0.05, 0) is 37.1 Å². The number of hydrogen-bond donors (Lipinski definition) is 1. The lowest BCUT2D eigenvalue weighted by Crippen LogP contribution is -2.38. The van der Waals surface area contributed by atoms with Crippen molar-refractivity contribution in [3.05, 3.63) is 54.0 Å². The van der Waals surface area contributed by atoms with Crippen LogP contribution in [0.2, 0.25) is 0 Å². The van der Waals surface area contributed by atoms with E-state index in [2.05, 4.69) is 11.4 Å². The van der Waals surface area contributed by atoms with E-state index in [1.165, 1.54) is 11.8 Å². The first-order chi connectivity index (χ1) is 10.7. The van der Waals surface area contributed by atoms with Crippen molar-refractivity contribution < 1.29 is 14.0 Å². The Morgan fingerprint density at radius 3 is 2.86 bits per heavy atom. The van der Waals surface area contributed by atoms with Crippen molar-refractivity contribution in [3.8, 4) is 0 Å². The normalized spacial score (nSPS) is 16.4. The lowest BCUT2D eigenvalue weighted by molar-refractivity contribution is -0.118. The average molecular weight is 298 g/mol. The third kappa shape index (κ3) is 2.74. The highest BCUT2D eigenvalue weighted by Gasteiger charge is 2.30. The number of amides is 2. The largest absolute Gasteiger partial charge is 0.459 e. The van der Waals surface area contributed by atoms with Crippen LogP contribution in [0.4, 0.5) is 5.69 Å². The summed E-state index contributed by atoms with van der Waals surface area (Å²) in [6.45, 7) is 2.34. The molecule has 0 spiro atoms. The maximum atomic E-state index is 12.4. The number of carbonyl (C=O) groups is 2. The van der Waals surface area contributed by atoms with Gasteiger partial charge in [-0.15, -0.1) is 0 Å². The van der Waals surface area contributed by atoms with E-state index in [1.54, 1.807) is 12.1 Å². The summed E-state index contributed by atoms with van der Waals surface area (Å²) in [5.74, 6) is -0.0165. The topological polar surface area (TPSA) is 62.6 Å². The molecule has 3 rings (SSSR count). The quantitative estimate of drug-likeness (QED) is 0.942. The SMILES string of the molecule is CC1Cc2ccccc2N1C(=O)CCNC(=O)c1ccco1. The van der Waals surface area contributed by atoms with Crippen molar-refractivity contribution in [2.45, 2.75) is 25.8 Å². The molecular formula is C17H18N2O3. The predicted molar refractivity (Wildman–Crippen MR) is 82.8 cm³/mol. The highest BCUT2D eigenvalue weighted by Crippen LogP contribution is 2.32. The second-order valence-corrected chi connectivity index (χ2v) is 5.43. The van der Waals surface area contributed by atoms with Gasteiger partial charge in [0, 0.05) is 24.7 Å². The van der Waals surface area contributed by atoms with Crippen LogP contribution in [0.1, 0.15) is 29.5 Å². The standard InChI is InChI=1S/C17H18N2O3/c1-12-11-13-5-2-3-6-14(13)19(12)16(20)8-9-18-17(21)15-7-4-10-22-15/h2-7,10,12H,8-9,11H2,1H3,(H,18,21). The molecule has 114 valence electrons. The molecule has 2 aromatic rings. The molecule has 1 unspecified atom stereocenters. The summed E-state index contributed by atoms with van der Waals surface area (Å²) in [6, 6.07) is 11.4. The molecule has 1 aromatic heterocycles. The Hall–Kier alpha value is -2.56. The highest BCUT2D eigenvalue weighted by atomic mass is 16.3. The van der Waals surface area contributed by atoms with Gasteiger partial charge in [0.25, 0.3) is 5.91 Å². The lowest BCUT2D eigenvalue weighted by atomic mass is 10.1. The van der Waals surface area contributed by atoms with Gasteiger partial charge in [0.1, 0.15) is 0 Å². The molecule has 1 atom stereocenters. The van der Waals surface area contributed by atoms with Gasteiger partial charge >= 0.3 is 0 Å². The average Bonchev–Trinajstić information content (AvgIpc) is 3.13. The molecule has 0 aliphatic carbocycles. The van der Waals surface area contributed by atoms with Gasteiger partial charge in [-0.3, -0.25) is 9.59 Å². The Bertz CT molecular complexity index is 679. The molecule has 0 bridgehead atoms. The van der Waals surface area contributed by atoms with Crippen LogP contribution in [0.5, 0.6) is 0 Å². The number of benzene rings is 1. The van der Waals surface area contributed by atoms with Gasteiger partial charge in [-0.1, -0.05) is 18.2 Å². The highest BCUT2D eigenvalue weighted by molar-refractivity contribution is 5.97. The molecule has 1 N–H and O–H groups in total. The molecular weight excluding hydrogens is 280 g/mol. The van der Waals surface area contributed by atoms with Crippen molar-refractivity contribution in [3.63, 3.8) is 0 Å². The van der Waals surface area contributed by atoms with Crippen molar-refractivity contribution >= 4 is 17.5 Å². The third-order valence-corrected chi connectivity index (χ3v) is 3.85. The van der Waals surface area contributed by atoms with Gasteiger partial charge in [-0.25, -0.2) is 0 Å². The first kappa shape index (κ1) is 14.4. The number of anilines is 1. The van der Waals surface area contributed by atoms with E-state index in [1.807, 2.05) is 30.0 Å². The number of carbonyl (C=O) groups excluding carboxylic acids is 2. The number of furan rings is 1. The number of hydrogen-bond acceptors (Lipinski definition) is 3. The molecule has 5 nitrogen and oxygen atoms in total. The lowest BCUT2D eigenvalue weighted by Gasteiger charge is -2.22. The molecule has 0 saturated heterocycles. The fraction of sp³-hybridized carbons (Fsp3) is 0.294. The van der Waals surface area contributed by atoms with E-state index in [0.29, 0.717) is 6.54 Å². The summed E-state index contributed by atoms with van der Waals surface area (Å²) in [7, 11) is 0. The minimum Gasteiger partial charge on any atom is -0.459 e. The van der Waals surface area contributed by atoms with Crippen molar-refractivity contribution in [2.24, 2.45) is 0 Å². The summed E-state index contributed by atoms with van der Waals surface area (Å²) in [4.78, 5) is 26.0. The zero-order chi connectivity index (χ0) is 15.5. The fourth-order valence-corrected chi connectivity index (χ4v) is 2.84. The Kier molecular flexibility index (Phi) is 3.96. The maximum absolute atomic E-state index is 12.4. The summed E-state index contributed by atoms with van der Waals surface area (Å²) in [5.41, 5.74) is 2.18. The Morgan fingerprint density at radius 2 is 2.09 bits per heavy atom. The van der Waals surface area contributed by atoms with Crippen LogP contribution >= 0.6 is 0 Å². The Morgan fingerprint density at radius 1 is 1.27 bits per heavy atom. The molecule has 0 radical (unpaired) electrons. The molecule has 0 saturated carbocycles. The van der Waals surface area contributed by atoms with Gasteiger partial charge in [-0.2, -0.15) is 0 Å². The van der Waals surface area contributed by atoms with Crippen molar-refractivity contribution in [1.82, 2.24) is 5.32 Å². The van der Waals surface area contributed by atoms with Gasteiger partial charge in [0.15, 0.2) is 5.76 Å². The Labute approximate surface area is 128 Å². The van der Waals surface area contributed by atoms with Crippen LogP contribution in [0.3, 0.4) is 0 Å². The molecule has 22 heavy (non-hydrogen) atoms. The molecule has 2 heterocycles. The van der Waals surface area contributed by atoms with E-state index in [0.717, 1.165) is 12.1 Å². The first-order valence-electron chi connectivity index (χ1n) is 7.38. The maximum Gasteiger partial charge on any atom is 0.286 e. The minimum absolute atomic E-state index is 0.0252. The van der Waals surface area contributed by atoms with Crippen molar-refractivity contribution in [1.29, 1.82) is 0 Å². The van der Waals surface area contributed by atoms with Crippen LogP contribution in [-0.4, -0.2) is 24.4 Å². The first-order valence-corrected chi connectivity index (χ1v) is 7.38. The summed E-state index contributed by atoms with van der Waals surface area (Å²) < 4.78 is 5.01. The van der Waals surface area contributed by atoms with Gasteiger partial charge in [0.05, 0.1) is 6.26 Å². The predicted octanol–water partition coefficient (Wildman–Crippen LogP) is 2.38. The summed E-state index contributed by atoms with van der Waals surface area (Å²) >= 11 is 0. The second-order valence-electron chi connectivity index (χ2n) is 5.43. The number of nitrogens with one attached hydrogen (secondary N) is 1. The van der Waals surface area contributed by atoms with E-state index in [-0.39, 0.29) is 30.0 Å². The van der Waals surface area contributed by atoms with Crippen LogP contribution in [0.25, 0.3) is 0 Å². The third-order valence-electron chi connectivity index (χ3n) is 3.85. The molecule has 0 fully saturated rings. The van der Waals surface area contributed by atoms with Crippen LogP contribution in [-0.2, 0) is 11.2 Å². The number of fused-ring (bicyclic) bond motifs is 1. The van der Waals surface area contributed by atoms with Crippen LogP contribution in [0.15, 0.2) is 47.1 Å². The summed E-state index contributed by atoms with van der Waals surface area (Å²) in [6.07, 6.45) is 2.59. The number of para-hydroxylation sites is 1. The fourth-order valence-electron chi connectivity index (χ4n) is 2.84. The number of nitrogens with zero attached hydrogens (tertiary/aromatic N) is 1. The molecule has 1 aliphatic heterocycles. The smallest absolute Gasteiger partial charge is 0.286 e. The van der Waals surface area contributed by atoms with Crippen molar-refractivity contribution in [2.75, 3.05) is 11.4 Å². The minimum atomic E-state index is -0.298. The van der Waals surface area contributed by atoms with E-state index in [9.17, 15) is 9.59 Å². The van der Waals surface area contributed by atoms with E-state index in [4.69, 9.17) is 4.42 Å².